The second kappa shape index (κ2) is 8.05. The minimum absolute atomic E-state index is 0.0171. The summed E-state index contributed by atoms with van der Waals surface area (Å²) in [6.07, 6.45) is 7.76. The molecule has 0 saturated heterocycles. The van der Waals surface area contributed by atoms with Crippen molar-refractivity contribution in [2.24, 2.45) is 0 Å². The molecule has 0 amide bonds. The van der Waals surface area contributed by atoms with Crippen LogP contribution in [0.2, 0.25) is 0 Å². The molecule has 0 saturated carbocycles. The van der Waals surface area contributed by atoms with Crippen molar-refractivity contribution in [2.75, 3.05) is 11.9 Å². The third kappa shape index (κ3) is 5.19. The van der Waals surface area contributed by atoms with Gasteiger partial charge in [0.15, 0.2) is 5.75 Å². The summed E-state index contributed by atoms with van der Waals surface area (Å²) in [4.78, 5) is 10.5. The Kier molecular flexibility index (Phi) is 6.38. The first-order valence-electron chi connectivity index (χ1n) is 6.67. The van der Waals surface area contributed by atoms with E-state index in [4.69, 9.17) is 11.2 Å². The summed E-state index contributed by atoms with van der Waals surface area (Å²) in [5.74, 6) is 2.88. The molecule has 0 unspecified atom stereocenters. The zero-order valence-corrected chi connectivity index (χ0v) is 11.9. The van der Waals surface area contributed by atoms with Gasteiger partial charge in [-0.1, -0.05) is 0 Å². The second-order valence-corrected chi connectivity index (χ2v) is 4.69. The van der Waals surface area contributed by atoms with E-state index in [-0.39, 0.29) is 11.8 Å². The number of hydrogen-bond acceptors (Lipinski definition) is 4. The fraction of sp³-hybridized carbons (Fsp3) is 0.467. The molecule has 0 aromatic heterocycles. The number of nitro benzene ring substituents is 1. The maximum Gasteiger partial charge on any atom is 0.311 e. The van der Waals surface area contributed by atoms with Crippen LogP contribution in [0.25, 0.3) is 0 Å². The average Bonchev–Trinajstić information content (AvgIpc) is 2.37. The molecular formula is C15H20N2O3. The lowest BCUT2D eigenvalue weighted by atomic mass is 10.2. The van der Waals surface area contributed by atoms with E-state index in [0.29, 0.717) is 5.75 Å². The van der Waals surface area contributed by atoms with Gasteiger partial charge < -0.3 is 10.1 Å². The van der Waals surface area contributed by atoms with Crippen molar-refractivity contribution in [3.63, 3.8) is 0 Å². The van der Waals surface area contributed by atoms with Gasteiger partial charge in [0.2, 0.25) is 0 Å². The number of benzene rings is 1. The third-order valence-electron chi connectivity index (χ3n) is 2.60. The molecule has 108 valence electrons. The summed E-state index contributed by atoms with van der Waals surface area (Å²) in [6, 6.07) is 4.81. The van der Waals surface area contributed by atoms with Gasteiger partial charge in [0.25, 0.3) is 0 Å². The van der Waals surface area contributed by atoms with Crippen molar-refractivity contribution >= 4 is 11.4 Å². The molecule has 0 aliphatic carbocycles. The number of anilines is 1. The molecule has 0 atom stereocenters. The maximum absolute atomic E-state index is 10.9. The Labute approximate surface area is 119 Å². The van der Waals surface area contributed by atoms with Crippen LogP contribution in [-0.4, -0.2) is 17.6 Å². The smallest absolute Gasteiger partial charge is 0.311 e. The van der Waals surface area contributed by atoms with Crippen LogP contribution < -0.4 is 10.1 Å². The topological polar surface area (TPSA) is 64.4 Å². The minimum atomic E-state index is -0.436. The third-order valence-corrected chi connectivity index (χ3v) is 2.60. The standard InChI is InChI=1S/C15H20N2O3/c1-4-5-6-7-10-16-13-8-9-14(17(18)19)15(11-13)20-12(2)3/h1,8-9,11-12,16H,5-7,10H2,2-3H3. The molecule has 1 aromatic rings. The van der Waals surface area contributed by atoms with Crippen LogP contribution in [0.1, 0.15) is 33.1 Å². The Bertz CT molecular complexity index is 492. The predicted molar refractivity (Wildman–Crippen MR) is 80.0 cm³/mol. The normalized spacial score (nSPS) is 10.1. The largest absolute Gasteiger partial charge is 0.484 e. The fourth-order valence-electron chi connectivity index (χ4n) is 1.71. The number of rotatable bonds is 8. The number of nitrogens with one attached hydrogen (secondary N) is 1. The number of unbranched alkanes of at least 4 members (excludes halogenated alkanes) is 2. The van der Waals surface area contributed by atoms with Crippen LogP contribution in [-0.2, 0) is 0 Å². The average molecular weight is 276 g/mol. The zero-order valence-electron chi connectivity index (χ0n) is 11.9. The highest BCUT2D eigenvalue weighted by molar-refractivity contribution is 5.58. The summed E-state index contributed by atoms with van der Waals surface area (Å²) >= 11 is 0. The van der Waals surface area contributed by atoms with Gasteiger partial charge in [0.1, 0.15) is 0 Å². The van der Waals surface area contributed by atoms with Crippen LogP contribution >= 0.6 is 0 Å². The maximum atomic E-state index is 10.9. The first kappa shape index (κ1) is 15.8. The summed E-state index contributed by atoms with van der Waals surface area (Å²) in [6.45, 7) is 4.45. The summed E-state index contributed by atoms with van der Waals surface area (Å²) in [7, 11) is 0. The Balaban J connectivity index is 2.69. The molecule has 0 spiro atoms. The van der Waals surface area contributed by atoms with Gasteiger partial charge in [0.05, 0.1) is 11.0 Å². The molecule has 0 radical (unpaired) electrons. The number of terminal acetylenes is 1. The number of nitrogens with zero attached hydrogens (tertiary/aromatic N) is 1. The molecule has 1 rings (SSSR count). The van der Waals surface area contributed by atoms with E-state index < -0.39 is 4.92 Å². The highest BCUT2D eigenvalue weighted by Gasteiger charge is 2.16. The molecule has 5 heteroatoms. The van der Waals surface area contributed by atoms with Crippen molar-refractivity contribution in [2.45, 2.75) is 39.2 Å². The van der Waals surface area contributed by atoms with E-state index in [1.807, 2.05) is 13.8 Å². The van der Waals surface area contributed by atoms with E-state index in [1.165, 1.54) is 6.07 Å². The fourth-order valence-corrected chi connectivity index (χ4v) is 1.71. The van der Waals surface area contributed by atoms with Crippen LogP contribution in [0.4, 0.5) is 11.4 Å². The van der Waals surface area contributed by atoms with E-state index >= 15 is 0 Å². The van der Waals surface area contributed by atoms with Crippen molar-refractivity contribution < 1.29 is 9.66 Å². The van der Waals surface area contributed by atoms with Gasteiger partial charge in [-0.05, 0) is 32.8 Å². The first-order valence-corrected chi connectivity index (χ1v) is 6.67. The molecule has 0 aliphatic rings. The number of nitro groups is 1. The summed E-state index contributed by atoms with van der Waals surface area (Å²) in [5.41, 5.74) is 0.795. The molecule has 0 aliphatic heterocycles. The Morgan fingerprint density at radius 2 is 2.20 bits per heavy atom. The van der Waals surface area contributed by atoms with Gasteiger partial charge in [-0.2, -0.15) is 0 Å². The Hall–Kier alpha value is -2.22. The quantitative estimate of drug-likeness (QED) is 0.341. The Morgan fingerprint density at radius 1 is 1.45 bits per heavy atom. The van der Waals surface area contributed by atoms with Crippen LogP contribution in [0, 0.1) is 22.5 Å². The molecule has 0 fully saturated rings. The van der Waals surface area contributed by atoms with Crippen LogP contribution in [0.5, 0.6) is 5.75 Å². The van der Waals surface area contributed by atoms with Crippen molar-refractivity contribution in [3.05, 3.63) is 28.3 Å². The van der Waals surface area contributed by atoms with Crippen molar-refractivity contribution in [1.29, 1.82) is 0 Å². The minimum Gasteiger partial charge on any atom is -0.484 e. The van der Waals surface area contributed by atoms with Crippen molar-refractivity contribution in [1.82, 2.24) is 0 Å². The van der Waals surface area contributed by atoms with E-state index in [0.717, 1.165) is 31.5 Å². The summed E-state index contributed by atoms with van der Waals surface area (Å²) < 4.78 is 5.48. The number of hydrogen-bond donors (Lipinski definition) is 1. The second-order valence-electron chi connectivity index (χ2n) is 4.69. The zero-order chi connectivity index (χ0) is 15.0. The lowest BCUT2D eigenvalue weighted by molar-refractivity contribution is -0.386. The van der Waals surface area contributed by atoms with E-state index in [2.05, 4.69) is 11.2 Å². The van der Waals surface area contributed by atoms with Gasteiger partial charge in [0, 0.05) is 30.8 Å². The lowest BCUT2D eigenvalue weighted by Gasteiger charge is -2.12. The van der Waals surface area contributed by atoms with Gasteiger partial charge in [-0.3, -0.25) is 10.1 Å². The Morgan fingerprint density at radius 3 is 2.80 bits per heavy atom. The van der Waals surface area contributed by atoms with Crippen LogP contribution in [0.15, 0.2) is 18.2 Å². The lowest BCUT2D eigenvalue weighted by Crippen LogP contribution is -2.08. The van der Waals surface area contributed by atoms with Gasteiger partial charge >= 0.3 is 5.69 Å². The molecule has 5 nitrogen and oxygen atoms in total. The highest BCUT2D eigenvalue weighted by Crippen LogP contribution is 2.30. The molecule has 0 bridgehead atoms. The summed E-state index contributed by atoms with van der Waals surface area (Å²) in [5, 5.41) is 14.1. The molecule has 1 aromatic carbocycles. The van der Waals surface area contributed by atoms with E-state index in [1.54, 1.807) is 12.1 Å². The van der Waals surface area contributed by atoms with Crippen LogP contribution in [0.3, 0.4) is 0 Å². The van der Waals surface area contributed by atoms with Crippen molar-refractivity contribution in [3.8, 4) is 18.1 Å². The monoisotopic (exact) mass is 276 g/mol. The first-order chi connectivity index (χ1) is 9.54. The van der Waals surface area contributed by atoms with E-state index in [9.17, 15) is 10.1 Å². The molecular weight excluding hydrogens is 256 g/mol. The molecule has 1 N–H and O–H groups in total. The SMILES string of the molecule is C#CCCCCNc1ccc([N+](=O)[O-])c(OC(C)C)c1. The van der Waals surface area contributed by atoms with Gasteiger partial charge in [-0.15, -0.1) is 12.3 Å². The molecule has 20 heavy (non-hydrogen) atoms. The number of ether oxygens (including phenoxy) is 1. The highest BCUT2D eigenvalue weighted by atomic mass is 16.6. The molecule has 0 heterocycles. The predicted octanol–water partition coefficient (Wildman–Crippen LogP) is 3.60. The van der Waals surface area contributed by atoms with Gasteiger partial charge in [-0.25, -0.2) is 0 Å².